The highest BCUT2D eigenvalue weighted by atomic mass is 16.5. The van der Waals surface area contributed by atoms with E-state index in [1.807, 2.05) is 54.6 Å². The smallest absolute Gasteiger partial charge is 0.265 e. The molecule has 2 heterocycles. The van der Waals surface area contributed by atoms with E-state index in [4.69, 9.17) is 14.0 Å². The number of carbonyl (C=O) groups excluding carboxylic acids is 1. The van der Waals surface area contributed by atoms with Crippen LogP contribution in [0, 0.1) is 6.92 Å². The molecule has 4 rings (SSSR count). The minimum absolute atomic E-state index is 0.208. The fraction of sp³-hybridized carbons (Fsp3) is 0.182. The maximum atomic E-state index is 12.3. The van der Waals surface area contributed by atoms with Gasteiger partial charge in [-0.05, 0) is 13.0 Å². The SMILES string of the molecule is COc1ccccc1CNC(=O)COc1nc(C)nc2onc(-c3ccccc3)c12. The first-order valence-corrected chi connectivity index (χ1v) is 9.36. The van der Waals surface area contributed by atoms with Gasteiger partial charge in [0, 0.05) is 17.7 Å². The Kier molecular flexibility index (Phi) is 5.56. The van der Waals surface area contributed by atoms with Crippen LogP contribution in [0.4, 0.5) is 0 Å². The fourth-order valence-corrected chi connectivity index (χ4v) is 3.05. The van der Waals surface area contributed by atoms with E-state index in [2.05, 4.69) is 20.4 Å². The van der Waals surface area contributed by atoms with Gasteiger partial charge in [0.25, 0.3) is 11.6 Å². The third-order valence-corrected chi connectivity index (χ3v) is 4.47. The topological polar surface area (TPSA) is 99.4 Å². The number of fused-ring (bicyclic) bond motifs is 1. The van der Waals surface area contributed by atoms with E-state index in [0.717, 1.165) is 11.1 Å². The zero-order valence-electron chi connectivity index (χ0n) is 16.6. The Labute approximate surface area is 172 Å². The summed E-state index contributed by atoms with van der Waals surface area (Å²) in [5, 5.41) is 7.47. The van der Waals surface area contributed by atoms with Gasteiger partial charge >= 0.3 is 0 Å². The highest BCUT2D eigenvalue weighted by molar-refractivity contribution is 5.93. The molecular formula is C22H20N4O4. The van der Waals surface area contributed by atoms with Gasteiger partial charge in [-0.15, -0.1) is 0 Å². The van der Waals surface area contributed by atoms with Crippen molar-refractivity contribution < 1.29 is 18.8 Å². The molecule has 2 aromatic heterocycles. The summed E-state index contributed by atoms with van der Waals surface area (Å²) in [5.74, 6) is 1.14. The summed E-state index contributed by atoms with van der Waals surface area (Å²) in [5.41, 5.74) is 2.59. The molecule has 0 radical (unpaired) electrons. The molecule has 0 saturated carbocycles. The zero-order chi connectivity index (χ0) is 20.9. The molecule has 0 unspecified atom stereocenters. The number of amides is 1. The summed E-state index contributed by atoms with van der Waals surface area (Å²) >= 11 is 0. The molecule has 0 aliphatic heterocycles. The van der Waals surface area contributed by atoms with Gasteiger partial charge in [-0.1, -0.05) is 53.7 Å². The lowest BCUT2D eigenvalue weighted by Crippen LogP contribution is -2.28. The zero-order valence-corrected chi connectivity index (χ0v) is 16.6. The second-order valence-corrected chi connectivity index (χ2v) is 6.53. The van der Waals surface area contributed by atoms with Crippen LogP contribution in [0.3, 0.4) is 0 Å². The first kappa shape index (κ1) is 19.4. The molecule has 1 N–H and O–H groups in total. The van der Waals surface area contributed by atoms with Crippen molar-refractivity contribution in [1.82, 2.24) is 20.4 Å². The fourth-order valence-electron chi connectivity index (χ4n) is 3.05. The van der Waals surface area contributed by atoms with E-state index in [9.17, 15) is 4.79 Å². The first-order valence-electron chi connectivity index (χ1n) is 9.36. The van der Waals surface area contributed by atoms with Crippen molar-refractivity contribution in [2.45, 2.75) is 13.5 Å². The molecule has 1 amide bonds. The average molecular weight is 404 g/mol. The number of hydrogen-bond acceptors (Lipinski definition) is 7. The van der Waals surface area contributed by atoms with E-state index in [1.54, 1.807) is 14.0 Å². The van der Waals surface area contributed by atoms with Crippen molar-refractivity contribution in [3.8, 4) is 22.9 Å². The molecular weight excluding hydrogens is 384 g/mol. The number of hydrogen-bond donors (Lipinski definition) is 1. The summed E-state index contributed by atoms with van der Waals surface area (Å²) in [4.78, 5) is 21.0. The molecule has 0 aliphatic carbocycles. The lowest BCUT2D eigenvalue weighted by atomic mass is 10.1. The number of aromatic nitrogens is 3. The van der Waals surface area contributed by atoms with Crippen LogP contribution in [-0.2, 0) is 11.3 Å². The number of nitrogens with one attached hydrogen (secondary N) is 1. The highest BCUT2D eigenvalue weighted by Crippen LogP contribution is 2.32. The second-order valence-electron chi connectivity index (χ2n) is 6.53. The van der Waals surface area contributed by atoms with Crippen molar-refractivity contribution in [3.05, 3.63) is 66.0 Å². The largest absolute Gasteiger partial charge is 0.496 e. The van der Waals surface area contributed by atoms with Gasteiger partial charge < -0.3 is 19.3 Å². The normalized spacial score (nSPS) is 10.7. The molecule has 0 aliphatic rings. The molecule has 0 atom stereocenters. The van der Waals surface area contributed by atoms with Crippen LogP contribution >= 0.6 is 0 Å². The van der Waals surface area contributed by atoms with Crippen molar-refractivity contribution in [2.24, 2.45) is 0 Å². The lowest BCUT2D eigenvalue weighted by Gasteiger charge is -2.10. The second kappa shape index (κ2) is 8.60. The lowest BCUT2D eigenvalue weighted by molar-refractivity contribution is -0.123. The van der Waals surface area contributed by atoms with Crippen LogP contribution < -0.4 is 14.8 Å². The van der Waals surface area contributed by atoms with Gasteiger partial charge in [0.1, 0.15) is 22.7 Å². The van der Waals surface area contributed by atoms with Crippen LogP contribution in [0.2, 0.25) is 0 Å². The number of rotatable bonds is 7. The molecule has 8 heteroatoms. The van der Waals surface area contributed by atoms with E-state index in [-0.39, 0.29) is 18.4 Å². The molecule has 2 aromatic carbocycles. The molecule has 8 nitrogen and oxygen atoms in total. The van der Waals surface area contributed by atoms with Crippen molar-refractivity contribution in [1.29, 1.82) is 0 Å². The summed E-state index contributed by atoms with van der Waals surface area (Å²) in [7, 11) is 1.59. The van der Waals surface area contributed by atoms with Crippen molar-refractivity contribution in [3.63, 3.8) is 0 Å². The number of methoxy groups -OCH3 is 1. The summed E-state index contributed by atoms with van der Waals surface area (Å²) in [6.45, 7) is 1.84. The Morgan fingerprint density at radius 3 is 2.63 bits per heavy atom. The van der Waals surface area contributed by atoms with E-state index in [1.165, 1.54) is 0 Å². The Morgan fingerprint density at radius 1 is 1.07 bits per heavy atom. The van der Waals surface area contributed by atoms with Crippen molar-refractivity contribution >= 4 is 17.0 Å². The quantitative estimate of drug-likeness (QED) is 0.504. The monoisotopic (exact) mass is 404 g/mol. The van der Waals surface area contributed by atoms with Crippen LogP contribution in [0.1, 0.15) is 11.4 Å². The molecule has 0 fully saturated rings. The third-order valence-electron chi connectivity index (χ3n) is 4.47. The number of aryl methyl sites for hydroxylation is 1. The minimum atomic E-state index is -0.289. The van der Waals surface area contributed by atoms with Gasteiger partial charge in [-0.3, -0.25) is 4.79 Å². The van der Waals surface area contributed by atoms with E-state index < -0.39 is 0 Å². The van der Waals surface area contributed by atoms with Gasteiger partial charge in [-0.2, -0.15) is 9.97 Å². The highest BCUT2D eigenvalue weighted by Gasteiger charge is 2.19. The Hall–Kier alpha value is -3.94. The van der Waals surface area contributed by atoms with Crippen LogP contribution in [-0.4, -0.2) is 34.7 Å². The maximum absolute atomic E-state index is 12.3. The molecule has 4 aromatic rings. The molecule has 0 spiro atoms. The number of para-hydroxylation sites is 1. The summed E-state index contributed by atoms with van der Waals surface area (Å²) in [6.07, 6.45) is 0. The Bertz CT molecular complexity index is 1170. The van der Waals surface area contributed by atoms with Crippen LogP contribution in [0.5, 0.6) is 11.6 Å². The van der Waals surface area contributed by atoms with E-state index >= 15 is 0 Å². The first-order chi connectivity index (χ1) is 14.7. The number of nitrogens with zero attached hydrogens (tertiary/aromatic N) is 3. The van der Waals surface area contributed by atoms with Crippen molar-refractivity contribution in [2.75, 3.05) is 13.7 Å². The summed E-state index contributed by atoms with van der Waals surface area (Å²) < 4.78 is 16.4. The summed E-state index contributed by atoms with van der Waals surface area (Å²) in [6, 6.07) is 17.0. The minimum Gasteiger partial charge on any atom is -0.496 e. The van der Waals surface area contributed by atoms with Gasteiger partial charge in [0.05, 0.1) is 7.11 Å². The predicted molar refractivity (Wildman–Crippen MR) is 110 cm³/mol. The van der Waals surface area contributed by atoms with Crippen LogP contribution in [0.15, 0.2) is 59.1 Å². The van der Waals surface area contributed by atoms with Crippen LogP contribution in [0.25, 0.3) is 22.4 Å². The van der Waals surface area contributed by atoms with Gasteiger partial charge in [-0.25, -0.2) is 0 Å². The average Bonchev–Trinajstić information content (AvgIpc) is 3.20. The Morgan fingerprint density at radius 2 is 1.83 bits per heavy atom. The van der Waals surface area contributed by atoms with E-state index in [0.29, 0.717) is 34.9 Å². The molecule has 0 saturated heterocycles. The van der Waals surface area contributed by atoms with Gasteiger partial charge in [0.2, 0.25) is 5.88 Å². The maximum Gasteiger partial charge on any atom is 0.265 e. The number of benzene rings is 2. The third kappa shape index (κ3) is 4.07. The number of ether oxygens (including phenoxy) is 2. The standard InChI is InChI=1S/C22H20N4O4/c1-14-24-21(19-20(26-30-22(19)25-14)15-8-4-3-5-9-15)29-13-18(27)23-12-16-10-6-7-11-17(16)28-2/h3-11H,12-13H2,1-2H3,(H,23,27). The predicted octanol–water partition coefficient (Wildman–Crippen LogP) is 3.30. The Balaban J connectivity index is 1.51. The molecule has 30 heavy (non-hydrogen) atoms. The molecule has 0 bridgehead atoms. The molecule has 152 valence electrons. The van der Waals surface area contributed by atoms with Gasteiger partial charge in [0.15, 0.2) is 6.61 Å². The number of carbonyl (C=O) groups is 1.